The normalized spacial score (nSPS) is 12.6. The number of nitrogens with zero attached hydrogens (tertiary/aromatic N) is 10. The van der Waals surface area contributed by atoms with Gasteiger partial charge in [-0.1, -0.05) is 24.3 Å². The fourth-order valence-electron chi connectivity index (χ4n) is 11.3. The Bertz CT molecular complexity index is 4850. The molecular weight excluding hydrogens is 1390 g/mol. The van der Waals surface area contributed by atoms with E-state index in [2.05, 4.69) is 79.1 Å². The van der Waals surface area contributed by atoms with Crippen molar-refractivity contribution in [3.05, 3.63) is 143 Å². The number of aryl methyl sites for hydroxylation is 7. The third-order valence-corrected chi connectivity index (χ3v) is 17.1. The maximum absolute atomic E-state index is 13.9. The van der Waals surface area contributed by atoms with E-state index in [1.165, 1.54) is 74.4 Å². The fraction of sp³-hybridized carbons (Fsp3) is 0.269. The van der Waals surface area contributed by atoms with E-state index < -0.39 is 53.2 Å². The lowest BCUT2D eigenvalue weighted by Gasteiger charge is -2.18. The van der Waals surface area contributed by atoms with Crippen LogP contribution in [0.1, 0.15) is 104 Å². The summed E-state index contributed by atoms with van der Waals surface area (Å²) >= 11 is 9.85. The van der Waals surface area contributed by atoms with E-state index in [-0.39, 0.29) is 136 Å². The first kappa shape index (κ1) is 71.8. The summed E-state index contributed by atoms with van der Waals surface area (Å²) in [5.74, 6) is -3.97. The van der Waals surface area contributed by atoms with Crippen LogP contribution in [0.15, 0.2) is 109 Å². The Balaban J connectivity index is 0.611. The average molecular weight is 1460 g/mol. The van der Waals surface area contributed by atoms with Gasteiger partial charge in [-0.3, -0.25) is 58.1 Å². The van der Waals surface area contributed by atoms with Crippen LogP contribution in [0.2, 0.25) is 0 Å². The number of hydrogen-bond donors (Lipinski definition) is 11. The van der Waals surface area contributed by atoms with Gasteiger partial charge in [0.25, 0.3) is 29.5 Å². The van der Waals surface area contributed by atoms with Crippen molar-refractivity contribution in [3.63, 3.8) is 0 Å². The molecule has 526 valence electrons. The Labute approximate surface area is 590 Å². The SMILES string of the molecule is CC(=O)Nc1cn(C)c(NC(=O)c2cc(NC(=O)c3cc(NC(=O)CCC(=O)Nc4cn(C)cc4NC(=O)CCCC(=O)Nc4cc(C(=O)NCCC(=O)Nc5cn(C)c(C(=O)Nc6cc(/C=C(\Br)C(=O)N7CC(CCl)c8c7cc(O)c7ccccc87)n(C)c6)n5)n(C)c4)n(C)c3)n(C)c2)n1. The second-order valence-corrected chi connectivity index (χ2v) is 25.3. The number of aromatic hydroxyl groups is 1. The molecule has 11 N–H and O–H groups in total. The van der Waals surface area contributed by atoms with Gasteiger partial charge in [-0.2, -0.15) is 4.98 Å². The first-order chi connectivity index (χ1) is 48.1. The zero-order chi connectivity index (χ0) is 72.7. The highest BCUT2D eigenvalue weighted by Crippen LogP contribution is 2.46. The molecule has 0 fully saturated rings. The van der Waals surface area contributed by atoms with Crippen LogP contribution in [0.3, 0.4) is 0 Å². The number of imidazole rings is 2. The Morgan fingerprint density at radius 2 is 1.13 bits per heavy atom. The van der Waals surface area contributed by atoms with Gasteiger partial charge in [0.1, 0.15) is 23.1 Å². The molecule has 0 bridgehead atoms. The number of anilines is 10. The Hall–Kier alpha value is -12.0. The number of nitrogens with one attached hydrogen (secondary N) is 10. The summed E-state index contributed by atoms with van der Waals surface area (Å²) < 4.78 is 11.1. The highest BCUT2D eigenvalue weighted by molar-refractivity contribution is 9.12. The lowest BCUT2D eigenvalue weighted by molar-refractivity contribution is -0.121. The van der Waals surface area contributed by atoms with Crippen LogP contribution in [0.25, 0.3) is 16.8 Å². The number of carbonyl (C=O) groups excluding carboxylic acids is 11. The third kappa shape index (κ3) is 17.3. The smallest absolute Gasteiger partial charge is 0.291 e. The van der Waals surface area contributed by atoms with Crippen molar-refractivity contribution in [2.75, 3.05) is 71.7 Å². The molecule has 34 heteroatoms. The van der Waals surface area contributed by atoms with Crippen molar-refractivity contribution in [2.45, 2.75) is 51.4 Å². The maximum atomic E-state index is 13.9. The van der Waals surface area contributed by atoms with Gasteiger partial charge in [-0.05, 0) is 63.6 Å². The molecule has 1 atom stereocenters. The maximum Gasteiger partial charge on any atom is 0.291 e. The molecule has 1 aliphatic rings. The zero-order valence-corrected chi connectivity index (χ0v) is 58.3. The zero-order valence-electron chi connectivity index (χ0n) is 56.0. The molecule has 0 aliphatic carbocycles. The van der Waals surface area contributed by atoms with Crippen LogP contribution in [0, 0.1) is 0 Å². The van der Waals surface area contributed by atoms with Gasteiger partial charge in [0.15, 0.2) is 11.6 Å². The van der Waals surface area contributed by atoms with Gasteiger partial charge >= 0.3 is 0 Å². The number of hydrogen-bond acceptors (Lipinski definition) is 14. The molecule has 0 saturated heterocycles. The molecule has 9 aromatic rings. The summed E-state index contributed by atoms with van der Waals surface area (Å²) in [6.07, 6.45) is 13.4. The van der Waals surface area contributed by atoms with Crippen molar-refractivity contribution < 1.29 is 57.8 Å². The molecule has 7 aromatic heterocycles. The van der Waals surface area contributed by atoms with Gasteiger partial charge in [0.05, 0.1) is 44.0 Å². The lowest BCUT2D eigenvalue weighted by Crippen LogP contribution is -2.30. The lowest BCUT2D eigenvalue weighted by atomic mass is 9.95. The fourth-order valence-corrected chi connectivity index (χ4v) is 12.0. The predicted octanol–water partition coefficient (Wildman–Crippen LogP) is 7.39. The Kier molecular flexibility index (Phi) is 21.9. The predicted molar refractivity (Wildman–Crippen MR) is 383 cm³/mol. The Morgan fingerprint density at radius 1 is 0.554 bits per heavy atom. The minimum Gasteiger partial charge on any atom is -0.507 e. The summed E-state index contributed by atoms with van der Waals surface area (Å²) in [6, 6.07) is 15.1. The average Bonchev–Trinajstić information content (AvgIpc) is 1.60. The highest BCUT2D eigenvalue weighted by Gasteiger charge is 2.36. The summed E-state index contributed by atoms with van der Waals surface area (Å²) in [7, 11) is 11.5. The molecule has 8 heterocycles. The first-order valence-corrected chi connectivity index (χ1v) is 32.8. The van der Waals surface area contributed by atoms with E-state index >= 15 is 0 Å². The van der Waals surface area contributed by atoms with E-state index in [0.717, 1.165) is 10.9 Å². The summed E-state index contributed by atoms with van der Waals surface area (Å²) in [6.45, 7) is 1.58. The molecule has 0 saturated carbocycles. The molecule has 1 aliphatic heterocycles. The van der Waals surface area contributed by atoms with Gasteiger partial charge in [0.2, 0.25) is 47.2 Å². The number of halogens is 2. The number of benzene rings is 2. The number of rotatable bonds is 26. The van der Waals surface area contributed by atoms with Gasteiger partial charge in [-0.25, -0.2) is 4.98 Å². The molecule has 0 spiro atoms. The quantitative estimate of drug-likeness (QED) is 0.0186. The number of phenols is 1. The van der Waals surface area contributed by atoms with Crippen LogP contribution < -0.4 is 58.1 Å². The highest BCUT2D eigenvalue weighted by atomic mass is 79.9. The number of fused-ring (bicyclic) bond motifs is 3. The van der Waals surface area contributed by atoms with Gasteiger partial charge < -0.3 is 89.8 Å². The van der Waals surface area contributed by atoms with Gasteiger partial charge in [0, 0.05) is 180 Å². The summed E-state index contributed by atoms with van der Waals surface area (Å²) in [4.78, 5) is 154. The third-order valence-electron chi connectivity index (χ3n) is 16.2. The second kappa shape index (κ2) is 30.8. The van der Waals surface area contributed by atoms with Crippen LogP contribution in [0.5, 0.6) is 5.75 Å². The van der Waals surface area contributed by atoms with E-state index in [1.807, 2.05) is 24.3 Å². The molecule has 101 heavy (non-hydrogen) atoms. The van der Waals surface area contributed by atoms with Crippen molar-refractivity contribution in [1.82, 2.24) is 47.3 Å². The van der Waals surface area contributed by atoms with Crippen LogP contribution in [-0.2, 0) is 82.9 Å². The monoisotopic (exact) mass is 1460 g/mol. The number of alkyl halides is 1. The van der Waals surface area contributed by atoms with Crippen molar-refractivity contribution >= 4 is 167 Å². The number of phenolic OH excluding ortho intramolecular Hbond substituents is 1. The topological polar surface area (TPSA) is 392 Å². The number of carbonyl (C=O) groups is 11. The van der Waals surface area contributed by atoms with Crippen molar-refractivity contribution in [1.29, 1.82) is 0 Å². The van der Waals surface area contributed by atoms with E-state index in [1.54, 1.807) is 105 Å². The van der Waals surface area contributed by atoms with E-state index in [0.29, 0.717) is 40.5 Å². The van der Waals surface area contributed by atoms with E-state index in [9.17, 15) is 57.8 Å². The molecular formula is C67H72BrClN20O12. The molecule has 2 aromatic carbocycles. The number of aromatic nitrogens is 9. The van der Waals surface area contributed by atoms with Gasteiger partial charge in [-0.15, -0.1) is 11.6 Å². The Morgan fingerprint density at radius 3 is 1.79 bits per heavy atom. The van der Waals surface area contributed by atoms with Crippen LogP contribution in [0.4, 0.5) is 57.7 Å². The molecule has 11 amide bonds. The number of amides is 11. The second-order valence-electron chi connectivity index (χ2n) is 24.1. The van der Waals surface area contributed by atoms with Crippen molar-refractivity contribution in [2.24, 2.45) is 49.3 Å². The molecule has 1 unspecified atom stereocenters. The minimum atomic E-state index is -0.582. The van der Waals surface area contributed by atoms with Crippen molar-refractivity contribution in [3.8, 4) is 5.75 Å². The minimum absolute atomic E-state index is 0.0194. The largest absolute Gasteiger partial charge is 0.507 e. The van der Waals surface area contributed by atoms with Crippen LogP contribution >= 0.6 is 27.5 Å². The molecule has 10 rings (SSSR count). The molecule has 0 radical (unpaired) electrons. The van der Waals surface area contributed by atoms with E-state index in [4.69, 9.17) is 11.6 Å². The summed E-state index contributed by atoms with van der Waals surface area (Å²) in [5.41, 5.74) is 3.90. The first-order valence-electron chi connectivity index (χ1n) is 31.4. The van der Waals surface area contributed by atoms with Crippen LogP contribution in [-0.4, -0.2) is 131 Å². The summed E-state index contributed by atoms with van der Waals surface area (Å²) in [5, 5.41) is 39.3. The standard InChI is InChI=1S/C67H72BrClN20O12/c1-36(90)71-51-35-88(8)67(78-51)81-63(98)38-21-54(86(6)28-38)80-62(97)37-20-53(85(5)27-37)79-58(95)17-16-57(94)75-47-33-82(2)32-46(47)74-56(93)15-11-14-55(92)72-41-23-49(84(4)31-41)64(99)70-19-18-59(96)76-52-34-87(7)61(77-52)65(100)73-40-22-42(83(3)30-40)24-45(68)66(101)89-29-39(26-69)60-44-13-10-9-12-43(44)50(91)25-48(60)89/h9-10,12-13,20-25,27-28,30-35,39,91H,11,14-19,26,29H2,1-8H3,(H,70,99)(H,71,90)(H,72,92)(H,73,100)(H,74,93)(H,75,94)(H,76,96)(H,79,95)(H,80,97)(H,78,81,98)/b45-24-. The molecule has 32 nitrogen and oxygen atoms in total.